The Morgan fingerprint density at radius 3 is 2.89 bits per heavy atom. The van der Waals surface area contributed by atoms with Crippen LogP contribution in [0.25, 0.3) is 0 Å². The lowest BCUT2D eigenvalue weighted by molar-refractivity contribution is -0.384. The molecule has 8 nitrogen and oxygen atoms in total. The number of nitrogen functional groups attached to an aromatic ring is 1. The largest absolute Gasteiger partial charge is 0.391 e. The highest BCUT2D eigenvalue weighted by Crippen LogP contribution is 2.26. The van der Waals surface area contributed by atoms with Crippen LogP contribution in [0.4, 0.5) is 17.5 Å². The number of aromatic nitrogens is 2. The zero-order chi connectivity index (χ0) is 13.8. The second-order valence-corrected chi connectivity index (χ2v) is 4.68. The molecule has 104 valence electrons. The molecule has 0 saturated heterocycles. The summed E-state index contributed by atoms with van der Waals surface area (Å²) in [6.07, 6.45) is 4.99. The van der Waals surface area contributed by atoms with Crippen molar-refractivity contribution in [3.8, 4) is 0 Å². The van der Waals surface area contributed by atoms with Crippen molar-refractivity contribution in [1.29, 1.82) is 0 Å². The van der Waals surface area contributed by atoms with Crippen molar-refractivity contribution in [2.45, 2.75) is 44.2 Å². The van der Waals surface area contributed by atoms with Gasteiger partial charge in [0.25, 0.3) is 0 Å². The average molecular weight is 267 g/mol. The van der Waals surface area contributed by atoms with Gasteiger partial charge in [0.1, 0.15) is 6.20 Å². The fourth-order valence-electron chi connectivity index (χ4n) is 2.26. The summed E-state index contributed by atoms with van der Waals surface area (Å²) in [5.74, 6) is 0.0414. The van der Waals surface area contributed by atoms with Gasteiger partial charge in [-0.2, -0.15) is 4.98 Å². The van der Waals surface area contributed by atoms with Crippen LogP contribution < -0.4 is 11.1 Å². The molecule has 0 spiro atoms. The van der Waals surface area contributed by atoms with Gasteiger partial charge in [0.05, 0.1) is 17.1 Å². The van der Waals surface area contributed by atoms with Crippen LogP contribution in [0, 0.1) is 10.1 Å². The van der Waals surface area contributed by atoms with Crippen LogP contribution in [0.2, 0.25) is 0 Å². The molecule has 0 aromatic carbocycles. The van der Waals surface area contributed by atoms with Gasteiger partial charge in [0.15, 0.2) is 0 Å². The smallest absolute Gasteiger partial charge is 0.329 e. The first-order chi connectivity index (χ1) is 9.08. The Balaban J connectivity index is 2.21. The van der Waals surface area contributed by atoms with Crippen LogP contribution in [0.5, 0.6) is 0 Å². The van der Waals surface area contributed by atoms with E-state index in [1.165, 1.54) is 0 Å². The van der Waals surface area contributed by atoms with E-state index >= 15 is 0 Å². The number of hydrogen-bond donors (Lipinski definition) is 3. The highest BCUT2D eigenvalue weighted by Gasteiger charge is 2.25. The molecule has 1 aliphatic carbocycles. The first-order valence-electron chi connectivity index (χ1n) is 6.29. The van der Waals surface area contributed by atoms with Crippen LogP contribution in [0.15, 0.2) is 6.20 Å². The molecule has 1 aromatic rings. The first kappa shape index (κ1) is 13.5. The number of anilines is 2. The summed E-state index contributed by atoms with van der Waals surface area (Å²) in [6, 6.07) is -0.240. The number of nitro groups is 1. The maximum absolute atomic E-state index is 10.9. The molecule has 0 bridgehead atoms. The second kappa shape index (κ2) is 5.79. The van der Waals surface area contributed by atoms with Gasteiger partial charge >= 0.3 is 5.69 Å². The molecule has 8 heteroatoms. The van der Waals surface area contributed by atoms with Crippen LogP contribution in [0.3, 0.4) is 0 Å². The van der Waals surface area contributed by atoms with Crippen LogP contribution in [0.1, 0.15) is 32.1 Å². The number of nitrogens with zero attached hydrogens (tertiary/aromatic N) is 3. The first-order valence-corrected chi connectivity index (χ1v) is 6.29. The van der Waals surface area contributed by atoms with Crippen LogP contribution in [-0.2, 0) is 0 Å². The SMILES string of the molecule is Nc1ncc([N+](=O)[O-])c(NC2CCCCCC2O)n1. The summed E-state index contributed by atoms with van der Waals surface area (Å²) < 4.78 is 0. The summed E-state index contributed by atoms with van der Waals surface area (Å²) in [5.41, 5.74) is 5.22. The van der Waals surface area contributed by atoms with E-state index in [4.69, 9.17) is 5.73 Å². The van der Waals surface area contributed by atoms with Crippen molar-refractivity contribution in [1.82, 2.24) is 9.97 Å². The Morgan fingerprint density at radius 2 is 2.16 bits per heavy atom. The monoisotopic (exact) mass is 267 g/mol. The van der Waals surface area contributed by atoms with Gasteiger partial charge in [-0.1, -0.05) is 19.3 Å². The molecular weight excluding hydrogens is 250 g/mol. The maximum atomic E-state index is 10.9. The predicted octanol–water partition coefficient (Wildman–Crippen LogP) is 1.07. The zero-order valence-electron chi connectivity index (χ0n) is 10.5. The van der Waals surface area contributed by atoms with Gasteiger partial charge in [0.2, 0.25) is 11.8 Å². The van der Waals surface area contributed by atoms with Crippen molar-refractivity contribution in [2.75, 3.05) is 11.1 Å². The van der Waals surface area contributed by atoms with Gasteiger partial charge < -0.3 is 16.2 Å². The third kappa shape index (κ3) is 3.28. The fourth-order valence-corrected chi connectivity index (χ4v) is 2.26. The number of nitrogens with two attached hydrogens (primary N) is 1. The molecule has 2 atom stereocenters. The van der Waals surface area contributed by atoms with Gasteiger partial charge in [-0.25, -0.2) is 4.98 Å². The fraction of sp³-hybridized carbons (Fsp3) is 0.636. The lowest BCUT2D eigenvalue weighted by atomic mass is 10.1. The molecule has 1 fully saturated rings. The van der Waals surface area contributed by atoms with Crippen molar-refractivity contribution < 1.29 is 10.0 Å². The summed E-state index contributed by atoms with van der Waals surface area (Å²) in [7, 11) is 0. The minimum Gasteiger partial charge on any atom is -0.391 e. The van der Waals surface area contributed by atoms with Gasteiger partial charge in [-0.05, 0) is 12.8 Å². The summed E-state index contributed by atoms with van der Waals surface area (Å²) in [5, 5.41) is 23.8. The number of rotatable bonds is 3. The van der Waals surface area contributed by atoms with E-state index in [0.717, 1.165) is 31.9 Å². The van der Waals surface area contributed by atoms with Crippen molar-refractivity contribution in [2.24, 2.45) is 0 Å². The Kier molecular flexibility index (Phi) is 4.10. The highest BCUT2D eigenvalue weighted by molar-refractivity contribution is 5.56. The summed E-state index contributed by atoms with van der Waals surface area (Å²) in [4.78, 5) is 17.8. The topological polar surface area (TPSA) is 127 Å². The zero-order valence-corrected chi connectivity index (χ0v) is 10.5. The quantitative estimate of drug-likeness (QED) is 0.424. The molecule has 1 saturated carbocycles. The van der Waals surface area contributed by atoms with E-state index < -0.39 is 11.0 Å². The molecule has 2 rings (SSSR count). The number of nitrogens with one attached hydrogen (secondary N) is 1. The standard InChI is InChI=1S/C11H17N5O3/c12-11-13-6-8(16(18)19)10(15-11)14-7-4-2-1-3-5-9(7)17/h6-7,9,17H,1-5H2,(H3,12,13,14,15). The molecule has 1 aromatic heterocycles. The average Bonchev–Trinajstić information content (AvgIpc) is 2.55. The molecule has 0 amide bonds. The lowest BCUT2D eigenvalue weighted by Crippen LogP contribution is -2.33. The molecule has 0 aliphatic heterocycles. The van der Waals surface area contributed by atoms with E-state index in [2.05, 4.69) is 15.3 Å². The Labute approximate surface area is 110 Å². The molecule has 19 heavy (non-hydrogen) atoms. The normalized spacial score (nSPS) is 23.6. The van der Waals surface area contributed by atoms with Crippen molar-refractivity contribution in [3.05, 3.63) is 16.3 Å². The van der Waals surface area contributed by atoms with Gasteiger partial charge in [-0.3, -0.25) is 10.1 Å². The van der Waals surface area contributed by atoms with Gasteiger partial charge in [-0.15, -0.1) is 0 Å². The Bertz CT molecular complexity index is 468. The summed E-state index contributed by atoms with van der Waals surface area (Å²) in [6.45, 7) is 0. The molecule has 4 N–H and O–H groups in total. The van der Waals surface area contributed by atoms with E-state index in [-0.39, 0.29) is 23.5 Å². The number of aliphatic hydroxyl groups is 1. The Hall–Kier alpha value is -1.96. The minimum atomic E-state index is -0.565. The molecule has 0 radical (unpaired) electrons. The summed E-state index contributed by atoms with van der Waals surface area (Å²) >= 11 is 0. The van der Waals surface area contributed by atoms with Crippen molar-refractivity contribution in [3.63, 3.8) is 0 Å². The molecule has 2 unspecified atom stereocenters. The van der Waals surface area contributed by atoms with Crippen LogP contribution >= 0.6 is 0 Å². The predicted molar refractivity (Wildman–Crippen MR) is 69.6 cm³/mol. The van der Waals surface area contributed by atoms with Crippen LogP contribution in [-0.4, -0.2) is 32.1 Å². The molecule has 1 heterocycles. The third-order valence-corrected chi connectivity index (χ3v) is 3.29. The minimum absolute atomic E-state index is 0.0313. The van der Waals surface area contributed by atoms with Gasteiger partial charge in [0, 0.05) is 0 Å². The maximum Gasteiger partial charge on any atom is 0.329 e. The number of hydrogen-bond acceptors (Lipinski definition) is 7. The van der Waals surface area contributed by atoms with E-state index in [1.807, 2.05) is 0 Å². The Morgan fingerprint density at radius 1 is 1.42 bits per heavy atom. The highest BCUT2D eigenvalue weighted by atomic mass is 16.6. The lowest BCUT2D eigenvalue weighted by Gasteiger charge is -2.22. The number of aliphatic hydroxyl groups excluding tert-OH is 1. The third-order valence-electron chi connectivity index (χ3n) is 3.29. The second-order valence-electron chi connectivity index (χ2n) is 4.68. The molecular formula is C11H17N5O3. The van der Waals surface area contributed by atoms with E-state index in [0.29, 0.717) is 6.42 Å². The van der Waals surface area contributed by atoms with E-state index in [9.17, 15) is 15.2 Å². The van der Waals surface area contributed by atoms with E-state index in [1.54, 1.807) is 0 Å². The van der Waals surface area contributed by atoms with Crippen molar-refractivity contribution >= 4 is 17.5 Å². The molecule has 1 aliphatic rings.